The molecular formula is C22H36Br2Mg2O2. The molecular weight excluding hydrogens is 505 g/mol. The maximum atomic E-state index is 5.87. The number of ether oxygens (including phenoxy) is 2. The van der Waals surface area contributed by atoms with Crippen molar-refractivity contribution in [1.82, 2.24) is 0 Å². The second-order valence-corrected chi connectivity index (χ2v) is 6.76. The van der Waals surface area contributed by atoms with E-state index in [-0.39, 0.29) is 80.1 Å². The third-order valence-corrected chi connectivity index (χ3v) is 4.73. The molecule has 0 amide bonds. The fraction of sp³-hybridized carbons (Fsp3) is 0.727. The van der Waals surface area contributed by atoms with Crippen LogP contribution in [0, 0.1) is 24.0 Å². The number of halogens is 2. The van der Waals surface area contributed by atoms with Gasteiger partial charge in [0.15, 0.2) is 0 Å². The van der Waals surface area contributed by atoms with E-state index in [9.17, 15) is 0 Å². The first kappa shape index (κ1) is 36.7. The predicted octanol–water partition coefficient (Wildman–Crippen LogP) is -0.276. The van der Waals surface area contributed by atoms with E-state index in [2.05, 4.69) is 39.8 Å². The minimum atomic E-state index is 0. The van der Waals surface area contributed by atoms with Crippen LogP contribution in [-0.2, 0) is 0 Å². The molecule has 0 radical (unpaired) electrons. The Balaban J connectivity index is -0.000000720. The van der Waals surface area contributed by atoms with Crippen molar-refractivity contribution in [3.05, 3.63) is 24.3 Å². The Morgan fingerprint density at radius 2 is 1.07 bits per heavy atom. The monoisotopic (exact) mass is 538 g/mol. The average Bonchev–Trinajstić information content (AvgIpc) is 2.63. The fourth-order valence-corrected chi connectivity index (χ4v) is 2.73. The fourth-order valence-electron chi connectivity index (χ4n) is 2.73. The number of benzene rings is 1. The first-order valence-corrected chi connectivity index (χ1v) is 9.92. The van der Waals surface area contributed by atoms with E-state index in [0.29, 0.717) is 11.8 Å². The number of hydrogen-bond acceptors (Lipinski definition) is 2. The summed E-state index contributed by atoms with van der Waals surface area (Å²) in [5, 5.41) is 0. The predicted molar refractivity (Wildman–Crippen MR) is 113 cm³/mol. The van der Waals surface area contributed by atoms with Crippen LogP contribution < -0.4 is 43.4 Å². The average molecular weight is 541 g/mol. The Morgan fingerprint density at radius 1 is 0.714 bits per heavy atom. The molecule has 0 spiro atoms. The van der Waals surface area contributed by atoms with Gasteiger partial charge in [0.05, 0.1) is 13.2 Å². The summed E-state index contributed by atoms with van der Waals surface area (Å²) in [4.78, 5) is 0. The van der Waals surface area contributed by atoms with Crippen LogP contribution in [0.5, 0.6) is 11.5 Å². The van der Waals surface area contributed by atoms with E-state index < -0.39 is 0 Å². The maximum absolute atomic E-state index is 5.87. The Labute approximate surface area is 227 Å². The summed E-state index contributed by atoms with van der Waals surface area (Å²) >= 11 is 0. The van der Waals surface area contributed by atoms with Gasteiger partial charge in [-0.05, 0) is 24.7 Å². The third kappa shape index (κ3) is 17.0. The van der Waals surface area contributed by atoms with Gasteiger partial charge in [-0.1, -0.05) is 66.2 Å². The van der Waals surface area contributed by atoms with Gasteiger partial charge < -0.3 is 43.4 Å². The summed E-state index contributed by atoms with van der Waals surface area (Å²) in [6, 6.07) is 10.1. The standard InChI is InChI=1S/C22H36O2.2BrH.2Mg/c1-5-9-11-19(7-3)17-23-21-13-15-22(16-14-21)24-18-20(8-4)12-10-6-2;;;;/h13,16,19-20H,5-12,17-18H2,1-4H3;2*1H;;/q-2;;;2*+2/p-2. The number of hydrogen-bond donors (Lipinski definition) is 0. The van der Waals surface area contributed by atoms with Crippen LogP contribution in [0.2, 0.25) is 0 Å². The van der Waals surface area contributed by atoms with Crippen molar-refractivity contribution in [1.29, 1.82) is 0 Å². The van der Waals surface area contributed by atoms with Crippen molar-refractivity contribution in [3.63, 3.8) is 0 Å². The molecule has 2 nitrogen and oxygen atoms in total. The molecule has 0 saturated carbocycles. The largest absolute Gasteiger partial charge is 2.00 e. The van der Waals surface area contributed by atoms with Crippen LogP contribution in [0.1, 0.15) is 79.1 Å². The van der Waals surface area contributed by atoms with E-state index in [1.54, 1.807) is 0 Å². The van der Waals surface area contributed by atoms with Gasteiger partial charge in [-0.3, -0.25) is 12.1 Å². The van der Waals surface area contributed by atoms with Crippen LogP contribution in [0.3, 0.4) is 0 Å². The molecule has 0 heterocycles. The van der Waals surface area contributed by atoms with Gasteiger partial charge in [-0.2, -0.15) is 0 Å². The van der Waals surface area contributed by atoms with Crippen LogP contribution in [0.4, 0.5) is 0 Å². The van der Waals surface area contributed by atoms with E-state index in [4.69, 9.17) is 9.47 Å². The Kier molecular flexibility index (Phi) is 32.2. The Morgan fingerprint density at radius 3 is 1.32 bits per heavy atom. The molecule has 6 heteroatoms. The van der Waals surface area contributed by atoms with Gasteiger partial charge in [0.25, 0.3) is 0 Å². The van der Waals surface area contributed by atoms with Crippen molar-refractivity contribution in [2.75, 3.05) is 13.2 Å². The van der Waals surface area contributed by atoms with Gasteiger partial charge in [0.1, 0.15) is 0 Å². The number of rotatable bonds is 14. The molecule has 0 aliphatic carbocycles. The summed E-state index contributed by atoms with van der Waals surface area (Å²) in [6.45, 7) is 10.5. The summed E-state index contributed by atoms with van der Waals surface area (Å²) in [5.74, 6) is 2.82. The van der Waals surface area contributed by atoms with E-state index in [0.717, 1.165) is 24.7 Å². The molecule has 0 fully saturated rings. The zero-order valence-corrected chi connectivity index (χ0v) is 24.4. The Bertz CT molecular complexity index is 381. The Hall–Kier alpha value is 1.31. The first-order chi connectivity index (χ1) is 11.7. The van der Waals surface area contributed by atoms with Crippen LogP contribution in [0.25, 0.3) is 0 Å². The molecule has 0 aliphatic rings. The van der Waals surface area contributed by atoms with Gasteiger partial charge in [-0.25, -0.2) is 12.1 Å². The normalized spacial score (nSPS) is 11.6. The van der Waals surface area contributed by atoms with Crippen LogP contribution in [0.15, 0.2) is 12.1 Å². The molecule has 0 bridgehead atoms. The molecule has 0 aliphatic heterocycles. The molecule has 1 aromatic carbocycles. The summed E-state index contributed by atoms with van der Waals surface area (Å²) in [6.07, 6.45) is 9.88. The molecule has 1 rings (SSSR count). The zero-order chi connectivity index (χ0) is 17.6. The quantitative estimate of drug-likeness (QED) is 0.239. The smallest absolute Gasteiger partial charge is 1.00 e. The third-order valence-electron chi connectivity index (χ3n) is 4.73. The van der Waals surface area contributed by atoms with Crippen molar-refractivity contribution >= 4 is 46.1 Å². The first-order valence-electron chi connectivity index (χ1n) is 9.92. The van der Waals surface area contributed by atoms with E-state index in [1.165, 1.54) is 51.4 Å². The molecule has 0 N–H and O–H groups in total. The zero-order valence-electron chi connectivity index (χ0n) is 18.4. The van der Waals surface area contributed by atoms with Crippen LogP contribution >= 0.6 is 0 Å². The van der Waals surface area contributed by atoms with Gasteiger partial charge in [0.2, 0.25) is 0 Å². The van der Waals surface area contributed by atoms with Gasteiger partial charge in [0, 0.05) is 0 Å². The molecule has 154 valence electrons. The molecule has 2 atom stereocenters. The summed E-state index contributed by atoms with van der Waals surface area (Å²) in [5.41, 5.74) is 0. The topological polar surface area (TPSA) is 18.5 Å². The SMILES string of the molecule is CCCCC(CC)COc1[c-]cc(OCC(CC)CCCC)[c-]c1.[Br-].[Br-].[Mg+2].[Mg+2]. The maximum Gasteiger partial charge on any atom is 2.00 e. The molecule has 28 heavy (non-hydrogen) atoms. The van der Waals surface area contributed by atoms with E-state index in [1.807, 2.05) is 12.1 Å². The molecule has 0 aromatic heterocycles. The summed E-state index contributed by atoms with van der Waals surface area (Å²) < 4.78 is 11.7. The van der Waals surface area contributed by atoms with Gasteiger partial charge >= 0.3 is 46.1 Å². The molecule has 1 aromatic rings. The second kappa shape index (κ2) is 24.6. The van der Waals surface area contributed by atoms with Crippen molar-refractivity contribution < 1.29 is 43.4 Å². The van der Waals surface area contributed by atoms with Crippen LogP contribution in [-0.4, -0.2) is 59.3 Å². The van der Waals surface area contributed by atoms with E-state index >= 15 is 0 Å². The molecule has 0 saturated heterocycles. The minimum Gasteiger partial charge on any atom is -1.00 e. The van der Waals surface area contributed by atoms with Crippen molar-refractivity contribution in [2.45, 2.75) is 79.1 Å². The van der Waals surface area contributed by atoms with Crippen molar-refractivity contribution in [2.24, 2.45) is 11.8 Å². The molecule has 2 unspecified atom stereocenters. The minimum absolute atomic E-state index is 0. The number of unbranched alkanes of at least 4 members (excludes halogenated alkanes) is 2. The van der Waals surface area contributed by atoms with Gasteiger partial charge in [-0.15, -0.1) is 11.5 Å². The second-order valence-electron chi connectivity index (χ2n) is 6.76. The van der Waals surface area contributed by atoms with Crippen molar-refractivity contribution in [3.8, 4) is 11.5 Å². The summed E-state index contributed by atoms with van der Waals surface area (Å²) in [7, 11) is 0.